The zero-order chi connectivity index (χ0) is 18.8. The number of benzene rings is 1. The number of hydrogen-bond donors (Lipinski definition) is 3. The van der Waals surface area contributed by atoms with E-state index in [0.717, 1.165) is 0 Å². The number of rotatable bonds is 2. The van der Waals surface area contributed by atoms with Gasteiger partial charge in [0, 0.05) is 12.6 Å². The fourth-order valence-corrected chi connectivity index (χ4v) is 2.28. The molecule has 2 rings (SSSR count). The number of nitrogens with two attached hydrogens (primary N) is 1. The highest BCUT2D eigenvalue weighted by atomic mass is 16.6. The highest BCUT2D eigenvalue weighted by Crippen LogP contribution is 2.31. The maximum Gasteiger partial charge on any atom is 0.408 e. The largest absolute Gasteiger partial charge is 0.489 e. The van der Waals surface area contributed by atoms with Crippen LogP contribution in [-0.2, 0) is 9.53 Å². The fourth-order valence-electron chi connectivity index (χ4n) is 2.28. The third-order valence-corrected chi connectivity index (χ3v) is 3.44. The van der Waals surface area contributed by atoms with Crippen molar-refractivity contribution in [3.05, 3.63) is 23.8 Å². The molecule has 1 atom stereocenters. The number of amides is 3. The standard InChI is InChI=1S/C16H22N4O5/c1-16(2,3)25-15(23)18-10-8-24-12-6-5-9(13(21)19-17)7-11(12)20(4)14(10)22/h5-7,10H,8,17H2,1-4H3,(H,18,23)(H,19,21)/t10-/m0/s1. The van der Waals surface area contributed by atoms with E-state index in [2.05, 4.69) is 5.32 Å². The van der Waals surface area contributed by atoms with Crippen LogP contribution in [0.5, 0.6) is 5.75 Å². The van der Waals surface area contributed by atoms with Crippen LogP contribution in [0.1, 0.15) is 31.1 Å². The number of alkyl carbamates (subject to hydrolysis) is 1. The number of anilines is 1. The molecule has 1 aromatic carbocycles. The van der Waals surface area contributed by atoms with Gasteiger partial charge in [0.2, 0.25) is 0 Å². The van der Waals surface area contributed by atoms with E-state index in [1.807, 2.05) is 5.43 Å². The molecule has 1 aliphatic rings. The van der Waals surface area contributed by atoms with Crippen molar-refractivity contribution in [1.29, 1.82) is 0 Å². The Morgan fingerprint density at radius 3 is 2.64 bits per heavy atom. The van der Waals surface area contributed by atoms with Gasteiger partial charge in [0.05, 0.1) is 5.69 Å². The van der Waals surface area contributed by atoms with E-state index in [4.69, 9.17) is 15.3 Å². The highest BCUT2D eigenvalue weighted by molar-refractivity contribution is 6.02. The Hall–Kier alpha value is -2.81. The lowest BCUT2D eigenvalue weighted by Crippen LogP contribution is -2.50. The van der Waals surface area contributed by atoms with Crippen LogP contribution in [0.15, 0.2) is 18.2 Å². The van der Waals surface area contributed by atoms with Crippen LogP contribution in [0.4, 0.5) is 10.5 Å². The summed E-state index contributed by atoms with van der Waals surface area (Å²) in [4.78, 5) is 37.5. The molecular weight excluding hydrogens is 328 g/mol. The number of hydrogen-bond acceptors (Lipinski definition) is 6. The molecule has 0 fully saturated rings. The average molecular weight is 350 g/mol. The number of nitrogens with zero attached hydrogens (tertiary/aromatic N) is 1. The van der Waals surface area contributed by atoms with Gasteiger partial charge in [-0.15, -0.1) is 0 Å². The van der Waals surface area contributed by atoms with Crippen molar-refractivity contribution in [2.75, 3.05) is 18.6 Å². The van der Waals surface area contributed by atoms with Gasteiger partial charge in [0.1, 0.15) is 24.0 Å². The van der Waals surface area contributed by atoms with Crippen LogP contribution in [-0.4, -0.2) is 43.2 Å². The van der Waals surface area contributed by atoms with Crippen molar-refractivity contribution in [3.8, 4) is 5.75 Å². The minimum atomic E-state index is -0.918. The summed E-state index contributed by atoms with van der Waals surface area (Å²) in [7, 11) is 1.53. The predicted octanol–water partition coefficient (Wildman–Crippen LogP) is 0.539. The molecule has 0 saturated heterocycles. The summed E-state index contributed by atoms with van der Waals surface area (Å²) in [6.07, 6.45) is -0.711. The van der Waals surface area contributed by atoms with Crippen LogP contribution in [0.3, 0.4) is 0 Å². The van der Waals surface area contributed by atoms with E-state index in [1.165, 1.54) is 24.1 Å². The first-order chi connectivity index (χ1) is 11.6. The lowest BCUT2D eigenvalue weighted by Gasteiger charge is -2.23. The Bertz CT molecular complexity index is 698. The zero-order valence-electron chi connectivity index (χ0n) is 14.6. The van der Waals surface area contributed by atoms with Gasteiger partial charge < -0.3 is 19.7 Å². The van der Waals surface area contributed by atoms with Crippen LogP contribution in [0.2, 0.25) is 0 Å². The monoisotopic (exact) mass is 350 g/mol. The maximum atomic E-state index is 12.6. The molecule has 136 valence electrons. The topological polar surface area (TPSA) is 123 Å². The Kier molecular flexibility index (Phi) is 5.17. The second-order valence-electron chi connectivity index (χ2n) is 6.56. The van der Waals surface area contributed by atoms with Gasteiger partial charge in [0.15, 0.2) is 0 Å². The summed E-state index contributed by atoms with van der Waals surface area (Å²) >= 11 is 0. The van der Waals surface area contributed by atoms with E-state index in [9.17, 15) is 14.4 Å². The molecule has 9 heteroatoms. The summed E-state index contributed by atoms with van der Waals surface area (Å²) in [5, 5.41) is 2.50. The lowest BCUT2D eigenvalue weighted by atomic mass is 10.1. The van der Waals surface area contributed by atoms with Crippen LogP contribution < -0.4 is 26.2 Å². The summed E-state index contributed by atoms with van der Waals surface area (Å²) in [6, 6.07) is 3.67. The Balaban J connectivity index is 2.20. The molecule has 4 N–H and O–H groups in total. The normalized spacial score (nSPS) is 17.1. The molecular formula is C16H22N4O5. The van der Waals surface area contributed by atoms with Gasteiger partial charge in [-0.1, -0.05) is 0 Å². The molecule has 0 aliphatic carbocycles. The second-order valence-corrected chi connectivity index (χ2v) is 6.56. The predicted molar refractivity (Wildman–Crippen MR) is 90.2 cm³/mol. The van der Waals surface area contributed by atoms with Crippen molar-refractivity contribution >= 4 is 23.6 Å². The van der Waals surface area contributed by atoms with Gasteiger partial charge in [-0.2, -0.15) is 0 Å². The molecule has 1 aliphatic heterocycles. The summed E-state index contributed by atoms with van der Waals surface area (Å²) in [5.74, 6) is 4.66. The second kappa shape index (κ2) is 6.98. The Labute approximate surface area is 145 Å². The Morgan fingerprint density at radius 2 is 2.04 bits per heavy atom. The first-order valence-electron chi connectivity index (χ1n) is 7.67. The van der Waals surface area contributed by atoms with Gasteiger partial charge >= 0.3 is 6.09 Å². The van der Waals surface area contributed by atoms with Crippen molar-refractivity contribution in [2.24, 2.45) is 5.84 Å². The minimum Gasteiger partial charge on any atom is -0.489 e. The molecule has 0 spiro atoms. The van der Waals surface area contributed by atoms with Gasteiger partial charge in [-0.05, 0) is 39.0 Å². The molecule has 0 unspecified atom stereocenters. The summed E-state index contributed by atoms with van der Waals surface area (Å²) < 4.78 is 10.8. The van der Waals surface area contributed by atoms with Crippen LogP contribution in [0, 0.1) is 0 Å². The number of carbonyl (C=O) groups excluding carboxylic acids is 3. The van der Waals surface area contributed by atoms with Crippen molar-refractivity contribution < 1.29 is 23.9 Å². The number of ether oxygens (including phenoxy) is 2. The average Bonchev–Trinajstić information content (AvgIpc) is 2.64. The van der Waals surface area contributed by atoms with Gasteiger partial charge in [-0.25, -0.2) is 10.6 Å². The molecule has 1 heterocycles. The van der Waals surface area contributed by atoms with E-state index < -0.39 is 29.6 Å². The van der Waals surface area contributed by atoms with Gasteiger partial charge in [0.25, 0.3) is 11.8 Å². The van der Waals surface area contributed by atoms with E-state index in [1.54, 1.807) is 26.8 Å². The SMILES string of the molecule is CN1C(=O)[C@@H](NC(=O)OC(C)(C)C)COc2ccc(C(=O)NN)cc21. The smallest absolute Gasteiger partial charge is 0.408 e. The Morgan fingerprint density at radius 1 is 1.36 bits per heavy atom. The summed E-state index contributed by atoms with van der Waals surface area (Å²) in [5.41, 5.74) is 2.03. The quantitative estimate of drug-likeness (QED) is 0.406. The molecule has 1 aromatic rings. The summed E-state index contributed by atoms with van der Waals surface area (Å²) in [6.45, 7) is 5.12. The van der Waals surface area contributed by atoms with Crippen molar-refractivity contribution in [2.45, 2.75) is 32.4 Å². The lowest BCUT2D eigenvalue weighted by molar-refractivity contribution is -0.120. The molecule has 25 heavy (non-hydrogen) atoms. The zero-order valence-corrected chi connectivity index (χ0v) is 14.6. The molecule has 0 radical (unpaired) electrons. The van der Waals surface area contributed by atoms with Crippen molar-refractivity contribution in [1.82, 2.24) is 10.7 Å². The number of hydrazine groups is 1. The molecule has 0 saturated carbocycles. The first-order valence-corrected chi connectivity index (χ1v) is 7.67. The molecule has 3 amide bonds. The van der Waals surface area contributed by atoms with E-state index in [0.29, 0.717) is 11.4 Å². The fraction of sp³-hybridized carbons (Fsp3) is 0.438. The number of nitrogens with one attached hydrogen (secondary N) is 2. The highest BCUT2D eigenvalue weighted by Gasteiger charge is 2.32. The maximum absolute atomic E-state index is 12.6. The molecule has 0 bridgehead atoms. The number of nitrogen functional groups attached to an aromatic ring is 1. The van der Waals surface area contributed by atoms with Crippen LogP contribution in [0.25, 0.3) is 0 Å². The molecule has 0 aromatic heterocycles. The molecule has 9 nitrogen and oxygen atoms in total. The first kappa shape index (κ1) is 18.5. The third kappa shape index (κ3) is 4.38. The minimum absolute atomic E-state index is 0.0577. The number of fused-ring (bicyclic) bond motifs is 1. The number of likely N-dealkylation sites (N-methyl/N-ethyl adjacent to an activating group) is 1. The number of carbonyl (C=O) groups is 3. The van der Waals surface area contributed by atoms with Gasteiger partial charge in [-0.3, -0.25) is 15.0 Å². The van der Waals surface area contributed by atoms with Crippen LogP contribution >= 0.6 is 0 Å². The van der Waals surface area contributed by atoms with E-state index in [-0.39, 0.29) is 12.2 Å². The van der Waals surface area contributed by atoms with Crippen molar-refractivity contribution in [3.63, 3.8) is 0 Å². The van der Waals surface area contributed by atoms with E-state index >= 15 is 0 Å². The third-order valence-electron chi connectivity index (χ3n) is 3.44.